The van der Waals surface area contributed by atoms with Gasteiger partial charge in [-0.05, 0) is 12.1 Å². The van der Waals surface area contributed by atoms with Crippen LogP contribution >= 0.6 is 0 Å². The molecule has 1 aromatic heterocycles. The predicted octanol–water partition coefficient (Wildman–Crippen LogP) is 1.95. The fraction of sp³-hybridized carbons (Fsp3) is 0.0909. The Morgan fingerprint density at radius 2 is 2.18 bits per heavy atom. The highest BCUT2D eigenvalue weighted by Crippen LogP contribution is 2.23. The normalized spacial score (nSPS) is 10.0. The number of hydrogen-bond acceptors (Lipinski definition) is 5. The Labute approximate surface area is 97.5 Å². The first kappa shape index (κ1) is 11.1. The summed E-state index contributed by atoms with van der Waals surface area (Å²) in [6, 6.07) is 4.37. The van der Waals surface area contributed by atoms with E-state index in [-0.39, 0.29) is 11.5 Å². The molecule has 6 heteroatoms. The van der Waals surface area contributed by atoms with E-state index in [4.69, 9.17) is 10.5 Å². The fourth-order valence-electron chi connectivity index (χ4n) is 1.31. The van der Waals surface area contributed by atoms with Crippen molar-refractivity contribution in [1.82, 2.24) is 9.97 Å². The number of ether oxygens (including phenoxy) is 1. The lowest BCUT2D eigenvalue weighted by atomic mass is 10.3. The molecular weight excluding hydrogens is 223 g/mol. The maximum Gasteiger partial charge on any atom is 0.151 e. The minimum Gasteiger partial charge on any atom is -0.497 e. The van der Waals surface area contributed by atoms with Gasteiger partial charge in [0.1, 0.15) is 17.4 Å². The third kappa shape index (κ3) is 2.60. The van der Waals surface area contributed by atoms with E-state index in [9.17, 15) is 4.39 Å². The van der Waals surface area contributed by atoms with Crippen molar-refractivity contribution in [2.24, 2.45) is 0 Å². The molecule has 0 saturated heterocycles. The van der Waals surface area contributed by atoms with Gasteiger partial charge in [0.25, 0.3) is 0 Å². The summed E-state index contributed by atoms with van der Waals surface area (Å²) in [5.74, 6) is 0.774. The zero-order valence-electron chi connectivity index (χ0n) is 9.14. The van der Waals surface area contributed by atoms with E-state index in [2.05, 4.69) is 15.3 Å². The van der Waals surface area contributed by atoms with Gasteiger partial charge in [-0.25, -0.2) is 9.37 Å². The van der Waals surface area contributed by atoms with Crippen LogP contribution in [0.5, 0.6) is 5.75 Å². The number of nitrogen functional groups attached to an aromatic ring is 1. The molecule has 0 saturated carbocycles. The lowest BCUT2D eigenvalue weighted by Crippen LogP contribution is -2.00. The molecule has 0 atom stereocenters. The zero-order valence-corrected chi connectivity index (χ0v) is 9.14. The molecule has 0 fully saturated rings. The second kappa shape index (κ2) is 4.65. The third-order valence-electron chi connectivity index (χ3n) is 2.09. The second-order valence-corrected chi connectivity index (χ2v) is 3.30. The average molecular weight is 234 g/mol. The first-order chi connectivity index (χ1) is 8.19. The molecule has 88 valence electrons. The minimum absolute atomic E-state index is 0.254. The maximum absolute atomic E-state index is 13.5. The molecule has 1 aromatic carbocycles. The SMILES string of the molecule is COc1ccc(F)c(Nc2cncc(N)n2)c1. The molecule has 3 N–H and O–H groups in total. The van der Waals surface area contributed by atoms with Gasteiger partial charge in [-0.2, -0.15) is 0 Å². The van der Waals surface area contributed by atoms with Crippen LogP contribution in [0.25, 0.3) is 0 Å². The van der Waals surface area contributed by atoms with Crippen molar-refractivity contribution < 1.29 is 9.13 Å². The first-order valence-corrected chi connectivity index (χ1v) is 4.87. The molecule has 5 nitrogen and oxygen atoms in total. The number of nitrogens with one attached hydrogen (secondary N) is 1. The highest BCUT2D eigenvalue weighted by molar-refractivity contribution is 5.59. The third-order valence-corrected chi connectivity index (χ3v) is 2.09. The van der Waals surface area contributed by atoms with E-state index >= 15 is 0 Å². The lowest BCUT2D eigenvalue weighted by Gasteiger charge is -2.08. The van der Waals surface area contributed by atoms with Crippen molar-refractivity contribution in [1.29, 1.82) is 0 Å². The van der Waals surface area contributed by atoms with Crippen LogP contribution in [-0.2, 0) is 0 Å². The van der Waals surface area contributed by atoms with Gasteiger partial charge in [-0.3, -0.25) is 4.98 Å². The molecule has 2 rings (SSSR count). The molecule has 0 amide bonds. The van der Waals surface area contributed by atoms with Crippen molar-refractivity contribution in [3.63, 3.8) is 0 Å². The Hall–Kier alpha value is -2.37. The van der Waals surface area contributed by atoms with Crippen LogP contribution in [0.3, 0.4) is 0 Å². The van der Waals surface area contributed by atoms with Gasteiger partial charge in [-0.1, -0.05) is 0 Å². The number of hydrogen-bond donors (Lipinski definition) is 2. The maximum atomic E-state index is 13.5. The number of anilines is 3. The molecule has 1 heterocycles. The van der Waals surface area contributed by atoms with Crippen LogP contribution in [0.1, 0.15) is 0 Å². The summed E-state index contributed by atoms with van der Waals surface area (Å²) in [5, 5.41) is 2.78. The van der Waals surface area contributed by atoms with Crippen molar-refractivity contribution in [2.45, 2.75) is 0 Å². The van der Waals surface area contributed by atoms with E-state index in [1.807, 2.05) is 0 Å². The Balaban J connectivity index is 2.29. The molecule has 17 heavy (non-hydrogen) atoms. The number of nitrogens with two attached hydrogens (primary N) is 1. The summed E-state index contributed by atoms with van der Waals surface area (Å²) in [7, 11) is 1.51. The molecule has 0 radical (unpaired) electrons. The monoisotopic (exact) mass is 234 g/mol. The molecule has 0 aliphatic carbocycles. The highest BCUT2D eigenvalue weighted by Gasteiger charge is 2.05. The smallest absolute Gasteiger partial charge is 0.151 e. The van der Waals surface area contributed by atoms with E-state index in [0.717, 1.165) is 0 Å². The largest absolute Gasteiger partial charge is 0.497 e. The predicted molar refractivity (Wildman–Crippen MR) is 62.7 cm³/mol. The zero-order chi connectivity index (χ0) is 12.3. The van der Waals surface area contributed by atoms with Gasteiger partial charge in [0.05, 0.1) is 25.2 Å². The molecule has 0 aliphatic heterocycles. The van der Waals surface area contributed by atoms with Crippen LogP contribution in [0.15, 0.2) is 30.6 Å². The van der Waals surface area contributed by atoms with Gasteiger partial charge >= 0.3 is 0 Å². The van der Waals surface area contributed by atoms with E-state index in [1.165, 1.54) is 37.7 Å². The van der Waals surface area contributed by atoms with Crippen molar-refractivity contribution in [2.75, 3.05) is 18.2 Å². The summed E-state index contributed by atoms with van der Waals surface area (Å²) in [4.78, 5) is 7.81. The van der Waals surface area contributed by atoms with Gasteiger partial charge < -0.3 is 15.8 Å². The Kier molecular flexibility index (Phi) is 3.04. The summed E-state index contributed by atoms with van der Waals surface area (Å²) in [6.45, 7) is 0. The van der Waals surface area contributed by atoms with E-state index in [0.29, 0.717) is 11.6 Å². The Morgan fingerprint density at radius 3 is 2.88 bits per heavy atom. The molecule has 0 spiro atoms. The van der Waals surface area contributed by atoms with Gasteiger partial charge in [0, 0.05) is 6.07 Å². The summed E-state index contributed by atoms with van der Waals surface area (Å²) >= 11 is 0. The number of nitrogens with zero attached hydrogens (tertiary/aromatic N) is 2. The Bertz CT molecular complexity index is 533. The van der Waals surface area contributed by atoms with E-state index in [1.54, 1.807) is 0 Å². The van der Waals surface area contributed by atoms with Crippen LogP contribution in [-0.4, -0.2) is 17.1 Å². The second-order valence-electron chi connectivity index (χ2n) is 3.30. The fourth-order valence-corrected chi connectivity index (χ4v) is 1.31. The highest BCUT2D eigenvalue weighted by atomic mass is 19.1. The number of methoxy groups -OCH3 is 1. The summed E-state index contributed by atoms with van der Waals surface area (Å²) in [6.07, 6.45) is 2.86. The number of rotatable bonds is 3. The van der Waals surface area contributed by atoms with Gasteiger partial charge in [-0.15, -0.1) is 0 Å². The summed E-state index contributed by atoms with van der Waals surface area (Å²) < 4.78 is 18.5. The first-order valence-electron chi connectivity index (χ1n) is 4.87. The number of benzene rings is 1. The van der Waals surface area contributed by atoms with E-state index < -0.39 is 5.82 Å². The summed E-state index contributed by atoms with van der Waals surface area (Å²) in [5.41, 5.74) is 5.73. The van der Waals surface area contributed by atoms with Gasteiger partial charge in [0.15, 0.2) is 5.82 Å². The quantitative estimate of drug-likeness (QED) is 0.849. The van der Waals surface area contributed by atoms with Gasteiger partial charge in [0.2, 0.25) is 0 Å². The molecule has 0 bridgehead atoms. The number of halogens is 1. The Morgan fingerprint density at radius 1 is 1.35 bits per heavy atom. The van der Waals surface area contributed by atoms with Crippen LogP contribution in [0, 0.1) is 5.82 Å². The van der Waals surface area contributed by atoms with Crippen molar-refractivity contribution in [3.8, 4) is 5.75 Å². The average Bonchev–Trinajstić information content (AvgIpc) is 2.32. The molecule has 2 aromatic rings. The van der Waals surface area contributed by atoms with Crippen molar-refractivity contribution in [3.05, 3.63) is 36.4 Å². The van der Waals surface area contributed by atoms with Crippen molar-refractivity contribution >= 4 is 17.3 Å². The van der Waals surface area contributed by atoms with Crippen LogP contribution in [0.2, 0.25) is 0 Å². The topological polar surface area (TPSA) is 73.1 Å². The standard InChI is InChI=1S/C11H11FN4O/c1-17-7-2-3-8(12)9(4-7)15-11-6-14-5-10(13)16-11/h2-6H,1H3,(H3,13,15,16). The van der Waals surface area contributed by atoms with Crippen LogP contribution < -0.4 is 15.8 Å². The molecular formula is C11H11FN4O. The van der Waals surface area contributed by atoms with Crippen LogP contribution in [0.4, 0.5) is 21.7 Å². The minimum atomic E-state index is -0.407. The molecule has 0 aliphatic rings. The lowest BCUT2D eigenvalue weighted by molar-refractivity contribution is 0.414. The molecule has 0 unspecified atom stereocenters. The number of aromatic nitrogens is 2.